The van der Waals surface area contributed by atoms with E-state index >= 15 is 0 Å². The fourth-order valence-electron chi connectivity index (χ4n) is 4.79. The van der Waals surface area contributed by atoms with Crippen molar-refractivity contribution in [1.82, 2.24) is 14.6 Å². The molecule has 0 spiro atoms. The molecule has 33 heavy (non-hydrogen) atoms. The van der Waals surface area contributed by atoms with Crippen LogP contribution in [0, 0.1) is 11.7 Å². The Bertz CT molecular complexity index is 1130. The number of halogens is 4. The van der Waals surface area contributed by atoms with E-state index in [-0.39, 0.29) is 17.2 Å². The summed E-state index contributed by atoms with van der Waals surface area (Å²) in [6, 6.07) is 7.54. The molecular formula is C24H25F4N3O2. The number of pyridine rings is 1. The minimum atomic E-state index is -4.62. The van der Waals surface area contributed by atoms with Crippen LogP contribution in [-0.2, 0) is 22.9 Å². The number of hydrogen-bond acceptors (Lipinski definition) is 4. The lowest BCUT2D eigenvalue weighted by Gasteiger charge is -2.39. The van der Waals surface area contributed by atoms with E-state index in [0.29, 0.717) is 43.8 Å². The SMILES string of the molecule is COC1(c2ccc(F)cc2)CCC(Oc2ccn3c(CC4CC4)nnc3c2C(F)(F)F)CC1. The molecule has 5 rings (SSSR count). The Morgan fingerprint density at radius 3 is 2.33 bits per heavy atom. The second kappa shape index (κ2) is 8.27. The predicted octanol–water partition coefficient (Wildman–Crippen LogP) is 5.70. The normalized spacial score (nSPS) is 23.7. The Labute approximate surface area is 188 Å². The number of rotatable bonds is 6. The molecule has 2 saturated carbocycles. The lowest BCUT2D eigenvalue weighted by Crippen LogP contribution is -2.37. The summed E-state index contributed by atoms with van der Waals surface area (Å²) in [4.78, 5) is 0. The smallest absolute Gasteiger partial charge is 0.423 e. The number of ether oxygens (including phenoxy) is 2. The van der Waals surface area contributed by atoms with Crippen molar-refractivity contribution in [2.45, 2.75) is 62.8 Å². The number of aromatic nitrogens is 3. The first-order chi connectivity index (χ1) is 15.8. The second-order valence-electron chi connectivity index (χ2n) is 9.03. The average Bonchev–Trinajstić information content (AvgIpc) is 3.52. The lowest BCUT2D eigenvalue weighted by molar-refractivity contribution is -0.138. The average molecular weight is 463 g/mol. The maximum Gasteiger partial charge on any atom is 0.423 e. The molecule has 2 aliphatic rings. The van der Waals surface area contributed by atoms with Crippen molar-refractivity contribution >= 4 is 5.65 Å². The molecule has 1 aromatic carbocycles. The van der Waals surface area contributed by atoms with Gasteiger partial charge in [-0.05, 0) is 68.2 Å². The molecule has 176 valence electrons. The molecule has 0 unspecified atom stereocenters. The van der Waals surface area contributed by atoms with E-state index in [1.54, 1.807) is 25.4 Å². The number of methoxy groups -OCH3 is 1. The molecule has 5 nitrogen and oxygen atoms in total. The first-order valence-corrected chi connectivity index (χ1v) is 11.2. The molecule has 2 fully saturated rings. The molecule has 0 bridgehead atoms. The third-order valence-corrected chi connectivity index (χ3v) is 6.86. The molecular weight excluding hydrogens is 438 g/mol. The highest BCUT2D eigenvalue weighted by Crippen LogP contribution is 2.44. The quantitative estimate of drug-likeness (QED) is 0.440. The summed E-state index contributed by atoms with van der Waals surface area (Å²) in [5.74, 6) is 0.474. The molecule has 0 atom stereocenters. The third kappa shape index (κ3) is 4.30. The van der Waals surface area contributed by atoms with Crippen LogP contribution in [0.1, 0.15) is 55.5 Å². The molecule has 2 heterocycles. The van der Waals surface area contributed by atoms with Crippen LogP contribution in [0.25, 0.3) is 5.65 Å². The van der Waals surface area contributed by atoms with Crippen LogP contribution in [0.3, 0.4) is 0 Å². The van der Waals surface area contributed by atoms with E-state index in [0.717, 1.165) is 18.4 Å². The Morgan fingerprint density at radius 1 is 1.03 bits per heavy atom. The molecule has 0 saturated heterocycles. The van der Waals surface area contributed by atoms with Crippen LogP contribution in [0.15, 0.2) is 36.5 Å². The van der Waals surface area contributed by atoms with Crippen LogP contribution in [0.4, 0.5) is 17.6 Å². The van der Waals surface area contributed by atoms with Crippen LogP contribution < -0.4 is 4.74 Å². The van der Waals surface area contributed by atoms with Crippen molar-refractivity contribution in [3.8, 4) is 5.75 Å². The Kier molecular flexibility index (Phi) is 5.55. The van der Waals surface area contributed by atoms with Gasteiger partial charge in [0.25, 0.3) is 0 Å². The number of benzene rings is 1. The van der Waals surface area contributed by atoms with Crippen molar-refractivity contribution in [2.75, 3.05) is 7.11 Å². The van der Waals surface area contributed by atoms with E-state index in [1.807, 2.05) is 0 Å². The number of fused-ring (bicyclic) bond motifs is 1. The van der Waals surface area contributed by atoms with Gasteiger partial charge in [0, 0.05) is 19.7 Å². The fourth-order valence-corrected chi connectivity index (χ4v) is 4.79. The second-order valence-corrected chi connectivity index (χ2v) is 9.03. The highest BCUT2D eigenvalue weighted by molar-refractivity contribution is 5.57. The summed E-state index contributed by atoms with van der Waals surface area (Å²) in [5, 5.41) is 7.89. The van der Waals surface area contributed by atoms with Gasteiger partial charge >= 0.3 is 6.18 Å². The Morgan fingerprint density at radius 2 is 1.73 bits per heavy atom. The van der Waals surface area contributed by atoms with Gasteiger partial charge in [-0.3, -0.25) is 4.40 Å². The molecule has 2 aromatic heterocycles. The molecule has 0 radical (unpaired) electrons. The topological polar surface area (TPSA) is 48.7 Å². The zero-order valence-electron chi connectivity index (χ0n) is 18.2. The molecule has 3 aromatic rings. The first-order valence-electron chi connectivity index (χ1n) is 11.2. The van der Waals surface area contributed by atoms with Gasteiger partial charge in [-0.15, -0.1) is 10.2 Å². The summed E-state index contributed by atoms with van der Waals surface area (Å²) >= 11 is 0. The van der Waals surface area contributed by atoms with Crippen molar-refractivity contribution < 1.29 is 27.0 Å². The van der Waals surface area contributed by atoms with E-state index in [9.17, 15) is 17.6 Å². The molecule has 0 aliphatic heterocycles. The highest BCUT2D eigenvalue weighted by Gasteiger charge is 2.41. The summed E-state index contributed by atoms with van der Waals surface area (Å²) < 4.78 is 68.6. The van der Waals surface area contributed by atoms with E-state index < -0.39 is 23.4 Å². The lowest BCUT2D eigenvalue weighted by atomic mass is 9.78. The molecule has 9 heteroatoms. The predicted molar refractivity (Wildman–Crippen MR) is 112 cm³/mol. The number of hydrogen-bond donors (Lipinski definition) is 0. The van der Waals surface area contributed by atoms with Gasteiger partial charge in [0.2, 0.25) is 0 Å². The minimum absolute atomic E-state index is 0.219. The van der Waals surface area contributed by atoms with E-state index in [2.05, 4.69) is 10.2 Å². The maximum absolute atomic E-state index is 14.0. The molecule has 0 N–H and O–H groups in total. The molecule has 0 amide bonds. The third-order valence-electron chi connectivity index (χ3n) is 6.86. The Hall–Kier alpha value is -2.68. The highest BCUT2D eigenvalue weighted by atomic mass is 19.4. The van der Waals surface area contributed by atoms with Gasteiger partial charge in [0.1, 0.15) is 23.0 Å². The number of alkyl halides is 3. The summed E-state index contributed by atoms with van der Waals surface area (Å²) in [7, 11) is 1.60. The van der Waals surface area contributed by atoms with Gasteiger partial charge in [0.15, 0.2) is 5.65 Å². The van der Waals surface area contributed by atoms with Crippen LogP contribution in [-0.4, -0.2) is 27.8 Å². The van der Waals surface area contributed by atoms with Gasteiger partial charge < -0.3 is 9.47 Å². The van der Waals surface area contributed by atoms with Crippen LogP contribution >= 0.6 is 0 Å². The van der Waals surface area contributed by atoms with Gasteiger partial charge in [-0.1, -0.05) is 12.1 Å². The zero-order valence-corrected chi connectivity index (χ0v) is 18.2. The fraction of sp³-hybridized carbons (Fsp3) is 0.500. The Balaban J connectivity index is 1.37. The van der Waals surface area contributed by atoms with E-state index in [4.69, 9.17) is 9.47 Å². The van der Waals surface area contributed by atoms with Crippen molar-refractivity contribution in [3.05, 3.63) is 59.3 Å². The van der Waals surface area contributed by atoms with Crippen LogP contribution in [0.2, 0.25) is 0 Å². The summed E-state index contributed by atoms with van der Waals surface area (Å²) in [6.45, 7) is 0. The number of nitrogens with zero attached hydrogens (tertiary/aromatic N) is 3. The van der Waals surface area contributed by atoms with Crippen molar-refractivity contribution in [2.24, 2.45) is 5.92 Å². The van der Waals surface area contributed by atoms with Crippen LogP contribution in [0.5, 0.6) is 5.75 Å². The molecule has 2 aliphatic carbocycles. The van der Waals surface area contributed by atoms with Gasteiger partial charge in [0.05, 0.1) is 11.7 Å². The monoisotopic (exact) mass is 463 g/mol. The summed E-state index contributed by atoms with van der Waals surface area (Å²) in [6.07, 6.45) is 1.45. The maximum atomic E-state index is 14.0. The van der Waals surface area contributed by atoms with Crippen molar-refractivity contribution in [3.63, 3.8) is 0 Å². The van der Waals surface area contributed by atoms with Gasteiger partial charge in [-0.25, -0.2) is 4.39 Å². The van der Waals surface area contributed by atoms with Crippen molar-refractivity contribution in [1.29, 1.82) is 0 Å². The van der Waals surface area contributed by atoms with E-state index in [1.165, 1.54) is 22.6 Å². The first kappa shape index (κ1) is 22.1. The minimum Gasteiger partial charge on any atom is -0.490 e. The largest absolute Gasteiger partial charge is 0.490 e. The standard InChI is InChI=1S/C24H25F4N3O2/c1-32-23(16-4-6-17(25)7-5-16)11-8-18(9-12-23)33-19-10-13-31-20(14-15-2-3-15)29-30-22(31)21(19)24(26,27)28/h4-7,10,13,15,18H,2-3,8-9,11-12,14H2,1H3. The summed E-state index contributed by atoms with van der Waals surface area (Å²) in [5.41, 5.74) is -0.852. The zero-order chi connectivity index (χ0) is 23.2. The van der Waals surface area contributed by atoms with Gasteiger partial charge in [-0.2, -0.15) is 13.2 Å².